The van der Waals surface area contributed by atoms with Gasteiger partial charge >= 0.3 is 0 Å². The van der Waals surface area contributed by atoms with Crippen LogP contribution in [0.1, 0.15) is 37.7 Å². The lowest BCUT2D eigenvalue weighted by Gasteiger charge is -2.47. The number of nitrogens with zero attached hydrogens (tertiary/aromatic N) is 3. The first kappa shape index (κ1) is 23.7. The van der Waals surface area contributed by atoms with E-state index in [0.29, 0.717) is 25.3 Å². The summed E-state index contributed by atoms with van der Waals surface area (Å²) in [6.07, 6.45) is 8.07. The van der Waals surface area contributed by atoms with Crippen molar-refractivity contribution in [1.82, 2.24) is 14.8 Å². The zero-order valence-electron chi connectivity index (χ0n) is 15.6. The van der Waals surface area contributed by atoms with Gasteiger partial charge < -0.3 is 15.5 Å². The van der Waals surface area contributed by atoms with Crippen LogP contribution in [0, 0.1) is 5.92 Å². The maximum absolute atomic E-state index is 12.6. The number of hydrogen-bond acceptors (Lipinski definition) is 4. The third-order valence-corrected chi connectivity index (χ3v) is 5.48. The molecule has 8 heteroatoms. The molecule has 0 unspecified atom stereocenters. The average molecular weight is 417 g/mol. The maximum atomic E-state index is 12.6. The van der Waals surface area contributed by atoms with Gasteiger partial charge in [-0.1, -0.05) is 0 Å². The molecule has 3 rings (SSSR count). The third kappa shape index (κ3) is 6.06. The number of likely N-dealkylation sites (tertiary alicyclic amines) is 2. The van der Waals surface area contributed by atoms with Crippen LogP contribution < -0.4 is 5.73 Å². The van der Waals surface area contributed by atoms with Gasteiger partial charge in [-0.3, -0.25) is 14.6 Å². The molecule has 2 saturated heterocycles. The minimum Gasteiger partial charge on any atom is -0.342 e. The second-order valence-corrected chi connectivity index (χ2v) is 7.08. The van der Waals surface area contributed by atoms with Crippen LogP contribution in [-0.4, -0.2) is 58.8 Å². The van der Waals surface area contributed by atoms with E-state index in [2.05, 4.69) is 4.98 Å². The van der Waals surface area contributed by atoms with Crippen LogP contribution >= 0.6 is 24.8 Å². The predicted octanol–water partition coefficient (Wildman–Crippen LogP) is 2.05. The molecule has 1 aromatic heterocycles. The van der Waals surface area contributed by atoms with Crippen molar-refractivity contribution in [2.45, 2.75) is 44.6 Å². The number of nitrogens with two attached hydrogens (primary N) is 1. The smallest absolute Gasteiger partial charge is 0.222 e. The summed E-state index contributed by atoms with van der Waals surface area (Å²) in [6.45, 7) is 2.91. The van der Waals surface area contributed by atoms with E-state index in [4.69, 9.17) is 5.73 Å². The molecule has 152 valence electrons. The Balaban J connectivity index is 0.00000182. The Hall–Kier alpha value is -1.37. The highest BCUT2D eigenvalue weighted by Crippen LogP contribution is 2.31. The van der Waals surface area contributed by atoms with Gasteiger partial charge in [0, 0.05) is 50.9 Å². The summed E-state index contributed by atoms with van der Waals surface area (Å²) < 4.78 is 0. The molecule has 2 N–H and O–H groups in total. The summed E-state index contributed by atoms with van der Waals surface area (Å²) in [5, 5.41) is 0. The number of aromatic nitrogens is 1. The number of amides is 2. The van der Waals surface area contributed by atoms with Gasteiger partial charge in [0.05, 0.1) is 0 Å². The summed E-state index contributed by atoms with van der Waals surface area (Å²) in [5.74, 6) is 0.891. The predicted molar refractivity (Wildman–Crippen MR) is 110 cm³/mol. The summed E-state index contributed by atoms with van der Waals surface area (Å²) in [4.78, 5) is 32.8. The molecule has 3 heterocycles. The summed E-state index contributed by atoms with van der Waals surface area (Å²) in [7, 11) is 0. The van der Waals surface area contributed by atoms with E-state index in [1.54, 1.807) is 12.4 Å². The number of carbonyl (C=O) groups excluding carboxylic acids is 2. The highest BCUT2D eigenvalue weighted by atomic mass is 35.5. The van der Waals surface area contributed by atoms with Crippen molar-refractivity contribution in [2.75, 3.05) is 26.2 Å². The number of rotatable bonds is 6. The van der Waals surface area contributed by atoms with Crippen molar-refractivity contribution >= 4 is 36.6 Å². The lowest BCUT2D eigenvalue weighted by Crippen LogP contribution is -2.57. The van der Waals surface area contributed by atoms with Crippen LogP contribution in [-0.2, 0) is 16.0 Å². The molecule has 0 aliphatic carbocycles. The number of fused-ring (bicyclic) bond motifs is 1. The second-order valence-electron chi connectivity index (χ2n) is 7.08. The molecule has 2 aliphatic heterocycles. The van der Waals surface area contributed by atoms with Gasteiger partial charge in [-0.25, -0.2) is 0 Å². The highest BCUT2D eigenvalue weighted by Gasteiger charge is 2.39. The summed E-state index contributed by atoms with van der Waals surface area (Å²) in [5.41, 5.74) is 6.76. The number of halogens is 2. The fraction of sp³-hybridized carbons (Fsp3) is 0.632. The van der Waals surface area contributed by atoms with Gasteiger partial charge in [-0.05, 0) is 55.8 Å². The molecule has 0 radical (unpaired) electrons. The number of pyridine rings is 1. The summed E-state index contributed by atoms with van der Waals surface area (Å²) >= 11 is 0. The molecule has 2 fully saturated rings. The fourth-order valence-corrected chi connectivity index (χ4v) is 4.09. The van der Waals surface area contributed by atoms with Gasteiger partial charge in [0.1, 0.15) is 0 Å². The van der Waals surface area contributed by atoms with Crippen LogP contribution in [0.4, 0.5) is 0 Å². The van der Waals surface area contributed by atoms with E-state index in [9.17, 15) is 9.59 Å². The van der Waals surface area contributed by atoms with Gasteiger partial charge in [-0.15, -0.1) is 24.8 Å². The van der Waals surface area contributed by atoms with Crippen LogP contribution in [0.2, 0.25) is 0 Å². The van der Waals surface area contributed by atoms with Gasteiger partial charge in [-0.2, -0.15) is 0 Å². The van der Waals surface area contributed by atoms with Crippen LogP contribution in [0.25, 0.3) is 0 Å². The Bertz CT molecular complexity index is 603. The van der Waals surface area contributed by atoms with Crippen molar-refractivity contribution in [3.8, 4) is 0 Å². The standard InChI is InChI=1S/C19H28N4O2.2ClH/c20-9-1-12-23-17-8-13-22(14-16(17)3-5-19(23)25)18(24)4-2-15-6-10-21-11-7-15;;/h6-7,10-11,16-17H,1-5,8-9,12-14,20H2;2*1H/t16-,17+;;/m0../s1. The molecular weight excluding hydrogens is 387 g/mol. The van der Waals surface area contributed by atoms with E-state index >= 15 is 0 Å². The molecule has 0 saturated carbocycles. The first-order chi connectivity index (χ1) is 12.2. The topological polar surface area (TPSA) is 79.5 Å². The van der Waals surface area contributed by atoms with Gasteiger partial charge in [0.25, 0.3) is 0 Å². The van der Waals surface area contributed by atoms with Crippen molar-refractivity contribution < 1.29 is 9.59 Å². The third-order valence-electron chi connectivity index (χ3n) is 5.48. The van der Waals surface area contributed by atoms with Crippen LogP contribution in [0.15, 0.2) is 24.5 Å². The van der Waals surface area contributed by atoms with E-state index in [0.717, 1.165) is 50.9 Å². The zero-order chi connectivity index (χ0) is 17.6. The van der Waals surface area contributed by atoms with Crippen molar-refractivity contribution in [1.29, 1.82) is 0 Å². The van der Waals surface area contributed by atoms with E-state index in [-0.39, 0.29) is 42.7 Å². The Labute approximate surface area is 173 Å². The second kappa shape index (κ2) is 11.5. The minimum atomic E-state index is 0. The molecule has 6 nitrogen and oxygen atoms in total. The molecule has 0 aromatic carbocycles. The average Bonchev–Trinajstić information content (AvgIpc) is 2.66. The largest absolute Gasteiger partial charge is 0.342 e. The lowest BCUT2D eigenvalue weighted by molar-refractivity contribution is -0.144. The molecule has 2 aliphatic rings. The van der Waals surface area contributed by atoms with E-state index < -0.39 is 0 Å². The molecule has 0 spiro atoms. The molecule has 0 bridgehead atoms. The Morgan fingerprint density at radius 3 is 2.67 bits per heavy atom. The highest BCUT2D eigenvalue weighted by molar-refractivity contribution is 5.85. The molecular formula is C19H30Cl2N4O2. The van der Waals surface area contributed by atoms with Crippen molar-refractivity contribution in [2.24, 2.45) is 11.7 Å². The van der Waals surface area contributed by atoms with Crippen molar-refractivity contribution in [3.63, 3.8) is 0 Å². The number of hydrogen-bond donors (Lipinski definition) is 1. The molecule has 2 amide bonds. The minimum absolute atomic E-state index is 0. The monoisotopic (exact) mass is 416 g/mol. The first-order valence-electron chi connectivity index (χ1n) is 9.35. The molecule has 1 aromatic rings. The Kier molecular flexibility index (Phi) is 10.1. The van der Waals surface area contributed by atoms with Gasteiger partial charge in [0.2, 0.25) is 11.8 Å². The normalized spacial score (nSPS) is 21.7. The number of aryl methyl sites for hydroxylation is 1. The molecule has 27 heavy (non-hydrogen) atoms. The lowest BCUT2D eigenvalue weighted by atomic mass is 9.83. The zero-order valence-corrected chi connectivity index (χ0v) is 17.2. The maximum Gasteiger partial charge on any atom is 0.222 e. The SMILES string of the molecule is Cl.Cl.NCCCN1C(=O)CC[C@H]2CN(C(=O)CCc3ccncc3)CC[C@H]21. The van der Waals surface area contributed by atoms with Crippen LogP contribution in [0.5, 0.6) is 0 Å². The van der Waals surface area contributed by atoms with E-state index in [1.807, 2.05) is 21.9 Å². The van der Waals surface area contributed by atoms with Gasteiger partial charge in [0.15, 0.2) is 0 Å². The van der Waals surface area contributed by atoms with Crippen LogP contribution in [0.3, 0.4) is 0 Å². The summed E-state index contributed by atoms with van der Waals surface area (Å²) in [6, 6.07) is 4.21. The fourth-order valence-electron chi connectivity index (χ4n) is 4.09. The quantitative estimate of drug-likeness (QED) is 0.769. The van der Waals surface area contributed by atoms with E-state index in [1.165, 1.54) is 0 Å². The Morgan fingerprint density at radius 1 is 1.22 bits per heavy atom. The first-order valence-corrected chi connectivity index (χ1v) is 9.35. The molecule has 2 atom stereocenters. The number of carbonyl (C=O) groups is 2. The number of piperidine rings is 2. The van der Waals surface area contributed by atoms with Crippen molar-refractivity contribution in [3.05, 3.63) is 30.1 Å². The Morgan fingerprint density at radius 2 is 1.96 bits per heavy atom.